The Morgan fingerprint density at radius 3 is 2.55 bits per heavy atom. The fraction of sp³-hybridized carbons (Fsp3) is 0.0714. The zero-order chi connectivity index (χ0) is 15.9. The molecule has 0 unspecified atom stereocenters. The van der Waals surface area contributed by atoms with Crippen LogP contribution in [0.1, 0.15) is 11.1 Å². The van der Waals surface area contributed by atoms with Crippen molar-refractivity contribution in [3.8, 4) is 0 Å². The molecular formula is C14H12BBrN2O3S. The second-order valence-electron chi connectivity index (χ2n) is 4.98. The summed E-state index contributed by atoms with van der Waals surface area (Å²) in [6.45, 7) is 1.87. The zero-order valence-electron chi connectivity index (χ0n) is 11.6. The van der Waals surface area contributed by atoms with Gasteiger partial charge in [0.1, 0.15) is 0 Å². The van der Waals surface area contributed by atoms with Crippen LogP contribution in [0.5, 0.6) is 0 Å². The minimum Gasteiger partial charge on any atom is -0.427 e. The van der Waals surface area contributed by atoms with Crippen molar-refractivity contribution in [3.05, 3.63) is 58.1 Å². The second-order valence-corrected chi connectivity index (χ2v) is 7.69. The van der Waals surface area contributed by atoms with Crippen LogP contribution in [-0.2, 0) is 10.0 Å². The van der Waals surface area contributed by atoms with Crippen LogP contribution in [0.15, 0.2) is 56.9 Å². The lowest BCUT2D eigenvalue weighted by Gasteiger charge is -2.26. The van der Waals surface area contributed by atoms with E-state index < -0.39 is 17.1 Å². The Balaban J connectivity index is 2.03. The molecule has 0 bridgehead atoms. The molecule has 22 heavy (non-hydrogen) atoms. The highest BCUT2D eigenvalue weighted by Crippen LogP contribution is 2.21. The molecule has 2 aromatic rings. The molecule has 3 rings (SSSR count). The van der Waals surface area contributed by atoms with E-state index in [1.807, 2.05) is 6.92 Å². The van der Waals surface area contributed by atoms with E-state index in [4.69, 9.17) is 0 Å². The Kier molecular flexibility index (Phi) is 3.84. The van der Waals surface area contributed by atoms with Crippen LogP contribution in [0.25, 0.3) is 0 Å². The highest BCUT2D eigenvalue weighted by Gasteiger charge is 2.38. The molecule has 0 amide bonds. The molecule has 1 heterocycles. The number of fused-ring (bicyclic) bond motifs is 1. The van der Waals surface area contributed by atoms with Crippen molar-refractivity contribution in [2.45, 2.75) is 11.8 Å². The van der Waals surface area contributed by atoms with E-state index >= 15 is 0 Å². The lowest BCUT2D eigenvalue weighted by Crippen LogP contribution is -2.52. The van der Waals surface area contributed by atoms with Crippen molar-refractivity contribution in [2.24, 2.45) is 5.10 Å². The molecule has 0 saturated heterocycles. The molecule has 0 aromatic heterocycles. The SMILES string of the molecule is Cc1ccc(S(=O)(=O)N2N=Cc3cc(Br)ccc3B2O)cc1. The summed E-state index contributed by atoms with van der Waals surface area (Å²) in [5.41, 5.74) is 2.13. The molecule has 0 atom stereocenters. The number of sulfonamides is 1. The number of aryl methyl sites for hydroxylation is 1. The van der Waals surface area contributed by atoms with Gasteiger partial charge in [-0.1, -0.05) is 39.7 Å². The van der Waals surface area contributed by atoms with Crippen molar-refractivity contribution in [3.63, 3.8) is 0 Å². The number of hydrazone groups is 1. The first kappa shape index (κ1) is 15.3. The Labute approximate surface area is 137 Å². The topological polar surface area (TPSA) is 70.0 Å². The minimum atomic E-state index is -3.91. The summed E-state index contributed by atoms with van der Waals surface area (Å²) in [5, 5.41) is 14.3. The Bertz CT molecular complexity index is 853. The third kappa shape index (κ3) is 2.58. The van der Waals surface area contributed by atoms with Gasteiger partial charge in [-0.3, -0.25) is 0 Å². The van der Waals surface area contributed by atoms with E-state index in [9.17, 15) is 13.4 Å². The average Bonchev–Trinajstić information content (AvgIpc) is 2.47. The highest BCUT2D eigenvalue weighted by atomic mass is 79.9. The fourth-order valence-corrected chi connectivity index (χ4v) is 3.83. The van der Waals surface area contributed by atoms with Gasteiger partial charge in [0, 0.05) is 4.47 Å². The number of hydrogen-bond donors (Lipinski definition) is 1. The first-order valence-corrected chi connectivity index (χ1v) is 8.75. The summed E-state index contributed by atoms with van der Waals surface area (Å²) < 4.78 is 26.8. The molecular weight excluding hydrogens is 367 g/mol. The molecule has 0 spiro atoms. The van der Waals surface area contributed by atoms with Crippen LogP contribution in [0.4, 0.5) is 0 Å². The van der Waals surface area contributed by atoms with Crippen molar-refractivity contribution in [2.75, 3.05) is 0 Å². The van der Waals surface area contributed by atoms with Gasteiger partial charge < -0.3 is 5.02 Å². The summed E-state index contributed by atoms with van der Waals surface area (Å²) in [6.07, 6.45) is 1.43. The Morgan fingerprint density at radius 1 is 1.18 bits per heavy atom. The number of rotatable bonds is 2. The summed E-state index contributed by atoms with van der Waals surface area (Å²) in [6, 6.07) is 11.6. The van der Waals surface area contributed by atoms with Crippen molar-refractivity contribution >= 4 is 44.7 Å². The third-order valence-corrected chi connectivity index (χ3v) is 5.56. The summed E-state index contributed by atoms with van der Waals surface area (Å²) in [5.74, 6) is 0. The summed E-state index contributed by atoms with van der Waals surface area (Å²) >= 11 is 3.33. The van der Waals surface area contributed by atoms with Gasteiger partial charge in [-0.2, -0.15) is 9.43 Å². The Morgan fingerprint density at radius 2 is 1.86 bits per heavy atom. The van der Waals surface area contributed by atoms with Gasteiger partial charge in [-0.15, -0.1) is 0 Å². The van der Waals surface area contributed by atoms with Crippen molar-refractivity contribution < 1.29 is 13.4 Å². The fourth-order valence-electron chi connectivity index (χ4n) is 2.21. The van der Waals surface area contributed by atoms with Gasteiger partial charge in [0.15, 0.2) is 0 Å². The van der Waals surface area contributed by atoms with E-state index in [2.05, 4.69) is 21.0 Å². The van der Waals surface area contributed by atoms with Gasteiger partial charge in [0.2, 0.25) is 0 Å². The van der Waals surface area contributed by atoms with E-state index in [1.165, 1.54) is 18.3 Å². The molecule has 1 N–H and O–H groups in total. The molecule has 1 aliphatic rings. The monoisotopic (exact) mass is 378 g/mol. The summed E-state index contributed by atoms with van der Waals surface area (Å²) in [4.78, 5) is 0.0925. The van der Waals surface area contributed by atoms with E-state index in [0.717, 1.165) is 14.4 Å². The quantitative estimate of drug-likeness (QED) is 0.804. The number of benzene rings is 2. The molecule has 0 radical (unpaired) electrons. The zero-order valence-corrected chi connectivity index (χ0v) is 14.0. The lowest BCUT2D eigenvalue weighted by molar-refractivity contribution is 0.476. The predicted molar refractivity (Wildman–Crippen MR) is 89.5 cm³/mol. The molecule has 0 aliphatic carbocycles. The smallest absolute Gasteiger partial charge is 0.427 e. The second kappa shape index (κ2) is 5.53. The van der Waals surface area contributed by atoms with Gasteiger partial charge in [-0.05, 0) is 42.2 Å². The first-order valence-electron chi connectivity index (χ1n) is 6.52. The van der Waals surface area contributed by atoms with Crippen LogP contribution in [0.2, 0.25) is 0 Å². The minimum absolute atomic E-state index is 0.0925. The molecule has 1 aliphatic heterocycles. The molecule has 5 nitrogen and oxygen atoms in total. The molecule has 0 fully saturated rings. The molecule has 8 heteroatoms. The van der Waals surface area contributed by atoms with E-state index in [0.29, 0.717) is 11.0 Å². The maximum Gasteiger partial charge on any atom is 0.484 e. The van der Waals surface area contributed by atoms with Crippen LogP contribution in [0, 0.1) is 6.92 Å². The largest absolute Gasteiger partial charge is 0.484 e. The van der Waals surface area contributed by atoms with Gasteiger partial charge in [-0.25, -0.2) is 8.42 Å². The third-order valence-electron chi connectivity index (χ3n) is 3.41. The number of nitrogens with zero attached hydrogens (tertiary/aromatic N) is 2. The van der Waals surface area contributed by atoms with Crippen LogP contribution >= 0.6 is 15.9 Å². The van der Waals surface area contributed by atoms with Gasteiger partial charge in [0.25, 0.3) is 10.0 Å². The first-order chi connectivity index (χ1) is 10.4. The maximum atomic E-state index is 12.6. The van der Waals surface area contributed by atoms with Crippen LogP contribution in [-0.4, -0.2) is 31.0 Å². The van der Waals surface area contributed by atoms with Gasteiger partial charge >= 0.3 is 7.05 Å². The Hall–Kier alpha value is -1.64. The highest BCUT2D eigenvalue weighted by molar-refractivity contribution is 9.10. The van der Waals surface area contributed by atoms with Gasteiger partial charge in [0.05, 0.1) is 11.1 Å². The standard InChI is InChI=1S/C14H12BBrN2O3S/c1-10-2-5-13(6-3-10)22(20,21)18-15(19)14-7-4-12(16)8-11(14)9-17-18/h2-9,19H,1H3. The normalized spacial score (nSPS) is 14.1. The molecule has 2 aromatic carbocycles. The maximum absolute atomic E-state index is 12.6. The van der Waals surface area contributed by atoms with E-state index in [-0.39, 0.29) is 4.90 Å². The predicted octanol–water partition coefficient (Wildman–Crippen LogP) is 1.48. The van der Waals surface area contributed by atoms with E-state index in [1.54, 1.807) is 30.3 Å². The van der Waals surface area contributed by atoms with Crippen LogP contribution in [0.3, 0.4) is 0 Å². The van der Waals surface area contributed by atoms with Crippen molar-refractivity contribution in [1.29, 1.82) is 0 Å². The molecule has 112 valence electrons. The summed E-state index contributed by atoms with van der Waals surface area (Å²) in [7, 11) is -5.25. The number of halogens is 1. The number of hydrogen-bond acceptors (Lipinski definition) is 4. The van der Waals surface area contributed by atoms with Crippen LogP contribution < -0.4 is 5.46 Å². The average molecular weight is 379 g/mol. The molecule has 0 saturated carbocycles. The van der Waals surface area contributed by atoms with Crippen molar-refractivity contribution in [1.82, 2.24) is 4.33 Å². The lowest BCUT2D eigenvalue weighted by atomic mass is 9.72.